The number of hydrogen-bond donors (Lipinski definition) is 2. The molecule has 1 saturated carbocycles. The number of hydrogen-bond acceptors (Lipinski definition) is 4. The van der Waals surface area contributed by atoms with Crippen LogP contribution in [0.5, 0.6) is 0 Å². The molecule has 3 rings (SSSR count). The third-order valence-electron chi connectivity index (χ3n) is 5.44. The highest BCUT2D eigenvalue weighted by molar-refractivity contribution is 5.92. The Morgan fingerprint density at radius 1 is 1.35 bits per heavy atom. The van der Waals surface area contributed by atoms with Crippen LogP contribution in [-0.4, -0.2) is 40.0 Å². The van der Waals surface area contributed by atoms with Crippen molar-refractivity contribution in [1.29, 1.82) is 0 Å². The van der Waals surface area contributed by atoms with E-state index in [1.807, 2.05) is 10.9 Å². The van der Waals surface area contributed by atoms with Gasteiger partial charge in [0.2, 0.25) is 0 Å². The van der Waals surface area contributed by atoms with E-state index in [0.717, 1.165) is 45.2 Å². The first-order valence-corrected chi connectivity index (χ1v) is 8.88. The van der Waals surface area contributed by atoms with Crippen LogP contribution in [0.1, 0.15) is 69.4 Å². The van der Waals surface area contributed by atoms with Gasteiger partial charge in [-0.15, -0.1) is 5.10 Å². The highest BCUT2D eigenvalue weighted by Crippen LogP contribution is 2.38. The van der Waals surface area contributed by atoms with Crippen molar-refractivity contribution in [1.82, 2.24) is 25.6 Å². The highest BCUT2D eigenvalue weighted by atomic mass is 16.2. The Kier molecular flexibility index (Phi) is 4.71. The fraction of sp³-hybridized carbons (Fsp3) is 0.824. The molecule has 128 valence electrons. The Balaban J connectivity index is 1.59. The SMILES string of the molecule is CC1CC(C)(C)CCC1NC(=O)c1cn(C2CCNCC2)nn1. The number of amides is 1. The summed E-state index contributed by atoms with van der Waals surface area (Å²) in [7, 11) is 0. The summed E-state index contributed by atoms with van der Waals surface area (Å²) in [5.74, 6) is 0.420. The lowest BCUT2D eigenvalue weighted by Gasteiger charge is -2.39. The maximum atomic E-state index is 12.5. The van der Waals surface area contributed by atoms with Gasteiger partial charge in [0.15, 0.2) is 5.69 Å². The minimum Gasteiger partial charge on any atom is -0.348 e. The van der Waals surface area contributed by atoms with Gasteiger partial charge in [-0.3, -0.25) is 4.79 Å². The van der Waals surface area contributed by atoms with E-state index in [2.05, 4.69) is 41.7 Å². The second kappa shape index (κ2) is 6.59. The minimum absolute atomic E-state index is 0.0817. The van der Waals surface area contributed by atoms with Gasteiger partial charge in [0.05, 0.1) is 12.2 Å². The molecule has 2 heterocycles. The molecule has 1 amide bonds. The van der Waals surface area contributed by atoms with Crippen LogP contribution in [0.15, 0.2) is 6.20 Å². The van der Waals surface area contributed by atoms with Gasteiger partial charge in [-0.1, -0.05) is 26.0 Å². The summed E-state index contributed by atoms with van der Waals surface area (Å²) < 4.78 is 1.86. The van der Waals surface area contributed by atoms with Gasteiger partial charge in [0.25, 0.3) is 5.91 Å². The van der Waals surface area contributed by atoms with Crippen molar-refractivity contribution in [2.75, 3.05) is 13.1 Å². The van der Waals surface area contributed by atoms with Gasteiger partial charge in [-0.2, -0.15) is 0 Å². The Labute approximate surface area is 138 Å². The van der Waals surface area contributed by atoms with Crippen molar-refractivity contribution in [2.24, 2.45) is 11.3 Å². The zero-order chi connectivity index (χ0) is 16.4. The smallest absolute Gasteiger partial charge is 0.273 e. The van der Waals surface area contributed by atoms with E-state index in [9.17, 15) is 4.79 Å². The summed E-state index contributed by atoms with van der Waals surface area (Å²) in [4.78, 5) is 12.5. The molecule has 2 fully saturated rings. The molecular formula is C17H29N5O. The average molecular weight is 319 g/mol. The van der Waals surface area contributed by atoms with Crippen LogP contribution >= 0.6 is 0 Å². The minimum atomic E-state index is -0.0817. The van der Waals surface area contributed by atoms with E-state index in [1.54, 1.807) is 0 Å². The van der Waals surface area contributed by atoms with E-state index in [1.165, 1.54) is 0 Å². The molecule has 0 radical (unpaired) electrons. The molecular weight excluding hydrogens is 290 g/mol. The van der Waals surface area contributed by atoms with Gasteiger partial charge >= 0.3 is 0 Å². The third-order valence-corrected chi connectivity index (χ3v) is 5.44. The van der Waals surface area contributed by atoms with E-state index in [-0.39, 0.29) is 11.9 Å². The van der Waals surface area contributed by atoms with E-state index in [4.69, 9.17) is 0 Å². The Hall–Kier alpha value is -1.43. The van der Waals surface area contributed by atoms with Crippen LogP contribution in [-0.2, 0) is 0 Å². The number of piperidine rings is 1. The molecule has 2 atom stereocenters. The van der Waals surface area contributed by atoms with Crippen LogP contribution in [0, 0.1) is 11.3 Å². The van der Waals surface area contributed by atoms with Crippen LogP contribution < -0.4 is 10.6 Å². The molecule has 2 N–H and O–H groups in total. The van der Waals surface area contributed by atoms with Crippen molar-refractivity contribution >= 4 is 5.91 Å². The summed E-state index contributed by atoms with van der Waals surface area (Å²) in [6.07, 6.45) is 7.24. The second-order valence-electron chi connectivity index (χ2n) is 8.03. The van der Waals surface area contributed by atoms with Gasteiger partial charge < -0.3 is 10.6 Å². The molecule has 0 aromatic carbocycles. The summed E-state index contributed by atoms with van der Waals surface area (Å²) in [6.45, 7) is 8.86. The molecule has 1 aliphatic carbocycles. The van der Waals surface area contributed by atoms with Crippen molar-refractivity contribution in [3.63, 3.8) is 0 Å². The first-order valence-electron chi connectivity index (χ1n) is 8.88. The number of nitrogens with zero attached hydrogens (tertiary/aromatic N) is 3. The lowest BCUT2D eigenvalue weighted by Crippen LogP contribution is -2.44. The predicted octanol–water partition coefficient (Wildman–Crippen LogP) is 2.15. The molecule has 2 aliphatic rings. The maximum absolute atomic E-state index is 12.5. The maximum Gasteiger partial charge on any atom is 0.273 e. The van der Waals surface area contributed by atoms with Gasteiger partial charge in [0, 0.05) is 6.04 Å². The highest BCUT2D eigenvalue weighted by Gasteiger charge is 2.33. The molecule has 6 heteroatoms. The predicted molar refractivity (Wildman–Crippen MR) is 89.2 cm³/mol. The first-order chi connectivity index (χ1) is 10.9. The number of rotatable bonds is 3. The molecule has 1 aromatic heterocycles. The molecule has 1 aliphatic heterocycles. The molecule has 6 nitrogen and oxygen atoms in total. The monoisotopic (exact) mass is 319 g/mol. The van der Waals surface area contributed by atoms with E-state index < -0.39 is 0 Å². The van der Waals surface area contributed by atoms with Gasteiger partial charge in [-0.05, 0) is 56.5 Å². The second-order valence-corrected chi connectivity index (χ2v) is 8.03. The third kappa shape index (κ3) is 3.91. The number of nitrogens with one attached hydrogen (secondary N) is 2. The van der Waals surface area contributed by atoms with Crippen LogP contribution in [0.25, 0.3) is 0 Å². The normalized spacial score (nSPS) is 28.5. The zero-order valence-corrected chi connectivity index (χ0v) is 14.5. The summed E-state index contributed by atoms with van der Waals surface area (Å²) >= 11 is 0. The van der Waals surface area contributed by atoms with Crippen molar-refractivity contribution in [3.05, 3.63) is 11.9 Å². The largest absolute Gasteiger partial charge is 0.348 e. The van der Waals surface area contributed by atoms with Crippen molar-refractivity contribution in [2.45, 2.75) is 65.0 Å². The fourth-order valence-corrected chi connectivity index (χ4v) is 4.03. The lowest BCUT2D eigenvalue weighted by atomic mass is 9.70. The Morgan fingerprint density at radius 2 is 2.09 bits per heavy atom. The zero-order valence-electron chi connectivity index (χ0n) is 14.5. The van der Waals surface area contributed by atoms with Crippen LogP contribution in [0.2, 0.25) is 0 Å². The van der Waals surface area contributed by atoms with Gasteiger partial charge in [0.1, 0.15) is 0 Å². The standard InChI is InChI=1S/C17H29N5O/c1-12-10-17(2,3)7-4-14(12)19-16(23)15-11-22(21-20-15)13-5-8-18-9-6-13/h11-14,18H,4-10H2,1-3H3,(H,19,23). The van der Waals surface area contributed by atoms with Crippen molar-refractivity contribution in [3.8, 4) is 0 Å². The van der Waals surface area contributed by atoms with E-state index >= 15 is 0 Å². The van der Waals surface area contributed by atoms with E-state index in [0.29, 0.717) is 23.1 Å². The molecule has 0 spiro atoms. The molecule has 23 heavy (non-hydrogen) atoms. The van der Waals surface area contributed by atoms with Crippen LogP contribution in [0.4, 0.5) is 0 Å². The number of carbonyl (C=O) groups excluding carboxylic acids is 1. The summed E-state index contributed by atoms with van der Waals surface area (Å²) in [5.41, 5.74) is 0.833. The molecule has 0 bridgehead atoms. The fourth-order valence-electron chi connectivity index (χ4n) is 4.03. The van der Waals surface area contributed by atoms with Crippen LogP contribution in [0.3, 0.4) is 0 Å². The van der Waals surface area contributed by atoms with Gasteiger partial charge in [-0.25, -0.2) is 4.68 Å². The average Bonchev–Trinajstić information content (AvgIpc) is 3.00. The summed E-state index contributed by atoms with van der Waals surface area (Å²) in [6, 6.07) is 0.610. The Bertz CT molecular complexity index is 547. The number of carbonyl (C=O) groups is 1. The molecule has 2 unspecified atom stereocenters. The lowest BCUT2D eigenvalue weighted by molar-refractivity contribution is 0.0856. The summed E-state index contributed by atoms with van der Waals surface area (Å²) in [5, 5.41) is 14.8. The Morgan fingerprint density at radius 3 is 2.78 bits per heavy atom. The topological polar surface area (TPSA) is 71.8 Å². The molecule has 1 aromatic rings. The number of aromatic nitrogens is 3. The first kappa shape index (κ1) is 16.4. The quantitative estimate of drug-likeness (QED) is 0.895. The van der Waals surface area contributed by atoms with Crippen molar-refractivity contribution < 1.29 is 4.79 Å². The molecule has 1 saturated heterocycles.